The predicted molar refractivity (Wildman–Crippen MR) is 76.9 cm³/mol. The number of unbranched alkanes of at least 4 members (excludes halogenated alkanes) is 1. The van der Waals surface area contributed by atoms with Crippen molar-refractivity contribution in [2.24, 2.45) is 0 Å². The van der Waals surface area contributed by atoms with E-state index in [4.69, 9.17) is 5.11 Å². The molecule has 0 saturated carbocycles. The number of aromatic amines is 1. The molecule has 9 nitrogen and oxygen atoms in total. The smallest absolute Gasteiger partial charge is 0.316 e. The first-order valence-electron chi connectivity index (χ1n) is 6.64. The number of aryl methyl sites for hydroxylation is 1. The van der Waals surface area contributed by atoms with Crippen molar-refractivity contribution in [3.63, 3.8) is 0 Å². The zero-order chi connectivity index (χ0) is 17.1. The van der Waals surface area contributed by atoms with Gasteiger partial charge in [0.2, 0.25) is 5.82 Å². The summed E-state index contributed by atoms with van der Waals surface area (Å²) in [6.07, 6.45) is 0.449. The molecule has 0 amide bonds. The zero-order valence-corrected chi connectivity index (χ0v) is 11.7. The lowest BCUT2D eigenvalue weighted by atomic mass is 10.2. The zero-order valence-electron chi connectivity index (χ0n) is 11.7. The third kappa shape index (κ3) is 3.42. The number of aliphatic carboxylic acids is 1. The quantitative estimate of drug-likeness (QED) is 0.352. The number of benzene rings is 1. The average molecular weight is 325 g/mol. The Hall–Kier alpha value is -3.04. The molecular weight excluding hydrogens is 313 g/mol. The van der Waals surface area contributed by atoms with E-state index in [2.05, 4.69) is 4.98 Å². The fraction of sp³-hybridized carbons (Fsp3) is 0.308. The molecule has 1 aromatic carbocycles. The first-order chi connectivity index (χ1) is 10.8. The molecule has 0 fully saturated rings. The number of carbonyl (C=O) groups is 1. The Morgan fingerprint density at radius 1 is 1.35 bits per heavy atom. The topological polar surface area (TPSA) is 135 Å². The van der Waals surface area contributed by atoms with E-state index in [0.717, 1.165) is 16.7 Å². The van der Waals surface area contributed by atoms with Crippen LogP contribution in [0.3, 0.4) is 0 Å². The molecule has 0 aliphatic rings. The number of halogens is 1. The standard InChI is InChI=1S/C13H12FN3O6/c14-7-5-10-8(6-9(7)17(22)23)15-12(20)13(21)16(10)4-2-1-3-11(18)19/h5-6H,1-4H2,(H,15,20)(H,18,19). The molecular formula is C13H12FN3O6. The monoisotopic (exact) mass is 325 g/mol. The number of rotatable bonds is 6. The van der Waals surface area contributed by atoms with Crippen molar-refractivity contribution in [3.05, 3.63) is 48.8 Å². The molecule has 1 heterocycles. The molecule has 23 heavy (non-hydrogen) atoms. The number of carboxylic acids is 1. The van der Waals surface area contributed by atoms with Gasteiger partial charge < -0.3 is 14.7 Å². The molecule has 0 radical (unpaired) electrons. The summed E-state index contributed by atoms with van der Waals surface area (Å²) in [7, 11) is 0. The first-order valence-corrected chi connectivity index (χ1v) is 6.64. The summed E-state index contributed by atoms with van der Waals surface area (Å²) < 4.78 is 14.7. The molecule has 1 aromatic heterocycles. The highest BCUT2D eigenvalue weighted by molar-refractivity contribution is 5.77. The Kier molecular flexibility index (Phi) is 4.53. The van der Waals surface area contributed by atoms with Crippen LogP contribution in [0.5, 0.6) is 0 Å². The van der Waals surface area contributed by atoms with E-state index in [-0.39, 0.29) is 36.8 Å². The van der Waals surface area contributed by atoms with Crippen molar-refractivity contribution in [2.45, 2.75) is 25.8 Å². The number of nitro benzene ring substituents is 1. The highest BCUT2D eigenvalue weighted by Crippen LogP contribution is 2.22. The van der Waals surface area contributed by atoms with Gasteiger partial charge in [0.05, 0.1) is 16.0 Å². The van der Waals surface area contributed by atoms with Gasteiger partial charge in [-0.1, -0.05) is 0 Å². The normalized spacial score (nSPS) is 10.8. The van der Waals surface area contributed by atoms with E-state index in [1.165, 1.54) is 0 Å². The summed E-state index contributed by atoms with van der Waals surface area (Å²) in [4.78, 5) is 45.9. The van der Waals surface area contributed by atoms with E-state index < -0.39 is 33.5 Å². The molecule has 0 aliphatic heterocycles. The van der Waals surface area contributed by atoms with Crippen LogP contribution in [0.1, 0.15) is 19.3 Å². The van der Waals surface area contributed by atoms with Gasteiger partial charge in [0.15, 0.2) is 0 Å². The van der Waals surface area contributed by atoms with Crippen LogP contribution in [0.4, 0.5) is 10.1 Å². The number of fused-ring (bicyclic) bond motifs is 1. The van der Waals surface area contributed by atoms with Crippen LogP contribution >= 0.6 is 0 Å². The molecule has 0 unspecified atom stereocenters. The number of nitrogens with one attached hydrogen (secondary N) is 1. The molecule has 10 heteroatoms. The van der Waals surface area contributed by atoms with Gasteiger partial charge in [-0.25, -0.2) is 0 Å². The summed E-state index contributed by atoms with van der Waals surface area (Å²) in [5, 5.41) is 19.3. The van der Waals surface area contributed by atoms with E-state index in [1.54, 1.807) is 0 Å². The molecule has 2 aromatic rings. The Morgan fingerprint density at radius 3 is 2.65 bits per heavy atom. The minimum absolute atomic E-state index is 0.00375. The van der Waals surface area contributed by atoms with Crippen molar-refractivity contribution < 1.29 is 19.2 Å². The number of nitro groups is 1. The number of hydrogen-bond acceptors (Lipinski definition) is 5. The number of aromatic nitrogens is 2. The molecule has 2 N–H and O–H groups in total. The second kappa shape index (κ2) is 6.38. The van der Waals surface area contributed by atoms with E-state index in [9.17, 15) is 28.9 Å². The van der Waals surface area contributed by atoms with Gasteiger partial charge in [-0.15, -0.1) is 0 Å². The Balaban J connectivity index is 2.50. The van der Waals surface area contributed by atoms with Gasteiger partial charge in [-0.2, -0.15) is 4.39 Å². The van der Waals surface area contributed by atoms with Crippen LogP contribution in [-0.4, -0.2) is 25.6 Å². The summed E-state index contributed by atoms with van der Waals surface area (Å²) in [5.74, 6) is -2.12. The van der Waals surface area contributed by atoms with Crippen LogP contribution in [0.15, 0.2) is 21.7 Å². The van der Waals surface area contributed by atoms with E-state index in [1.807, 2.05) is 0 Å². The number of nitrogens with zero attached hydrogens (tertiary/aromatic N) is 2. The molecule has 0 saturated heterocycles. The van der Waals surface area contributed by atoms with Crippen molar-refractivity contribution in [2.75, 3.05) is 0 Å². The Bertz CT molecular complexity index is 901. The molecule has 122 valence electrons. The lowest BCUT2D eigenvalue weighted by Crippen LogP contribution is -2.36. The Morgan fingerprint density at radius 2 is 2.04 bits per heavy atom. The molecule has 2 rings (SSSR count). The van der Waals surface area contributed by atoms with Gasteiger partial charge in [0.1, 0.15) is 0 Å². The largest absolute Gasteiger partial charge is 0.481 e. The average Bonchev–Trinajstić information content (AvgIpc) is 2.46. The third-order valence-electron chi connectivity index (χ3n) is 3.26. The van der Waals surface area contributed by atoms with Crippen molar-refractivity contribution in [1.29, 1.82) is 0 Å². The maximum atomic E-state index is 13.8. The first kappa shape index (κ1) is 16.3. The molecule has 0 aliphatic carbocycles. The maximum absolute atomic E-state index is 13.8. The highest BCUT2D eigenvalue weighted by Gasteiger charge is 2.18. The van der Waals surface area contributed by atoms with Gasteiger partial charge >= 0.3 is 22.8 Å². The third-order valence-corrected chi connectivity index (χ3v) is 3.26. The number of hydrogen-bond donors (Lipinski definition) is 2. The van der Waals surface area contributed by atoms with Crippen molar-refractivity contribution in [1.82, 2.24) is 9.55 Å². The van der Waals surface area contributed by atoms with Crippen molar-refractivity contribution >= 4 is 22.7 Å². The SMILES string of the molecule is O=C(O)CCCCn1c(=O)c(=O)[nH]c2cc([N+](=O)[O-])c(F)cc21. The molecule has 0 spiro atoms. The summed E-state index contributed by atoms with van der Waals surface area (Å²) in [5.41, 5.74) is -2.77. The minimum atomic E-state index is -1.13. The van der Waals surface area contributed by atoms with Crippen LogP contribution < -0.4 is 11.1 Å². The van der Waals surface area contributed by atoms with Crippen LogP contribution in [0, 0.1) is 15.9 Å². The predicted octanol–water partition coefficient (Wildman–Crippen LogP) is 0.992. The van der Waals surface area contributed by atoms with Crippen molar-refractivity contribution in [3.8, 4) is 0 Å². The second-order valence-electron chi connectivity index (χ2n) is 4.84. The fourth-order valence-corrected chi connectivity index (χ4v) is 2.19. The van der Waals surface area contributed by atoms with E-state index >= 15 is 0 Å². The maximum Gasteiger partial charge on any atom is 0.316 e. The van der Waals surface area contributed by atoms with Gasteiger partial charge in [-0.3, -0.25) is 24.5 Å². The summed E-state index contributed by atoms with van der Waals surface area (Å²) in [6.45, 7) is 0.00375. The number of carboxylic acid groups (broad SMARTS) is 1. The number of H-pyrrole nitrogens is 1. The van der Waals surface area contributed by atoms with Gasteiger partial charge in [0.25, 0.3) is 0 Å². The van der Waals surface area contributed by atoms with Crippen LogP contribution in [0.25, 0.3) is 11.0 Å². The lowest BCUT2D eigenvalue weighted by molar-refractivity contribution is -0.387. The fourth-order valence-electron chi connectivity index (χ4n) is 2.19. The van der Waals surface area contributed by atoms with E-state index in [0.29, 0.717) is 0 Å². The van der Waals surface area contributed by atoms with Crippen LogP contribution in [0.2, 0.25) is 0 Å². The van der Waals surface area contributed by atoms with Crippen LogP contribution in [-0.2, 0) is 11.3 Å². The van der Waals surface area contributed by atoms with Gasteiger partial charge in [0, 0.05) is 25.1 Å². The molecule has 0 atom stereocenters. The second-order valence-corrected chi connectivity index (χ2v) is 4.84. The Labute approximate surface area is 127 Å². The summed E-state index contributed by atoms with van der Waals surface area (Å²) in [6, 6.07) is 1.65. The highest BCUT2D eigenvalue weighted by atomic mass is 19.1. The minimum Gasteiger partial charge on any atom is -0.481 e. The molecule has 0 bridgehead atoms. The lowest BCUT2D eigenvalue weighted by Gasteiger charge is -2.09. The summed E-state index contributed by atoms with van der Waals surface area (Å²) >= 11 is 0. The van der Waals surface area contributed by atoms with Gasteiger partial charge in [-0.05, 0) is 12.8 Å².